The summed E-state index contributed by atoms with van der Waals surface area (Å²) in [5, 5.41) is 5.54. The number of ketones is 1. The number of halogens is 1. The van der Waals surface area contributed by atoms with Crippen molar-refractivity contribution in [1.82, 2.24) is 9.88 Å². The van der Waals surface area contributed by atoms with E-state index in [4.69, 9.17) is 0 Å². The minimum atomic E-state index is -0.375. The number of urea groups is 1. The number of para-hydroxylation sites is 1. The predicted octanol–water partition coefficient (Wildman–Crippen LogP) is 6.11. The molecule has 5 rings (SSSR count). The van der Waals surface area contributed by atoms with Gasteiger partial charge in [0.05, 0.1) is 11.9 Å². The van der Waals surface area contributed by atoms with E-state index in [0.29, 0.717) is 54.1 Å². The Morgan fingerprint density at radius 2 is 1.45 bits per heavy atom. The van der Waals surface area contributed by atoms with E-state index in [1.165, 1.54) is 12.1 Å². The first-order chi connectivity index (χ1) is 20.5. The van der Waals surface area contributed by atoms with Crippen LogP contribution in [0.1, 0.15) is 33.6 Å². The fraction of sp³-hybridized carbons (Fsp3) is 0.212. The van der Waals surface area contributed by atoms with Crippen LogP contribution in [0, 0.1) is 11.7 Å². The number of piperidine rings is 1. The Morgan fingerprint density at radius 1 is 0.810 bits per heavy atom. The summed E-state index contributed by atoms with van der Waals surface area (Å²) in [4.78, 5) is 47.0. The Bertz CT molecular complexity index is 1490. The Kier molecular flexibility index (Phi) is 9.30. The van der Waals surface area contributed by atoms with Gasteiger partial charge >= 0.3 is 6.03 Å². The molecule has 0 saturated carbocycles. The number of pyridine rings is 1. The Balaban J connectivity index is 1.18. The third-order valence-electron chi connectivity index (χ3n) is 7.35. The van der Waals surface area contributed by atoms with Gasteiger partial charge in [0.2, 0.25) is 0 Å². The lowest BCUT2D eigenvalue weighted by atomic mass is 9.89. The molecule has 8 nitrogen and oxygen atoms in total. The zero-order valence-corrected chi connectivity index (χ0v) is 23.1. The number of nitrogens with zero attached hydrogens (tertiary/aromatic N) is 3. The molecule has 3 amide bonds. The van der Waals surface area contributed by atoms with Crippen LogP contribution in [-0.2, 0) is 0 Å². The maximum atomic E-state index is 13.6. The topological polar surface area (TPSA) is 94.6 Å². The van der Waals surface area contributed by atoms with Gasteiger partial charge < -0.3 is 20.4 Å². The molecule has 0 unspecified atom stereocenters. The summed E-state index contributed by atoms with van der Waals surface area (Å²) >= 11 is 0. The van der Waals surface area contributed by atoms with Crippen molar-refractivity contribution >= 4 is 34.8 Å². The minimum absolute atomic E-state index is 0.0531. The van der Waals surface area contributed by atoms with Crippen molar-refractivity contribution in [2.24, 2.45) is 5.92 Å². The second-order valence-corrected chi connectivity index (χ2v) is 10.2. The van der Waals surface area contributed by atoms with Gasteiger partial charge in [-0.25, -0.2) is 9.18 Å². The molecular weight excluding hydrogens is 533 g/mol. The number of aromatic nitrogens is 1. The van der Waals surface area contributed by atoms with Crippen LogP contribution in [0.2, 0.25) is 0 Å². The number of hydrogen-bond donors (Lipinski definition) is 2. The van der Waals surface area contributed by atoms with E-state index in [0.717, 1.165) is 13.1 Å². The van der Waals surface area contributed by atoms with E-state index in [1.807, 2.05) is 24.3 Å². The molecule has 1 saturated heterocycles. The van der Waals surface area contributed by atoms with Crippen molar-refractivity contribution in [3.63, 3.8) is 0 Å². The van der Waals surface area contributed by atoms with E-state index in [2.05, 4.69) is 20.5 Å². The van der Waals surface area contributed by atoms with Crippen LogP contribution < -0.4 is 15.5 Å². The summed E-state index contributed by atoms with van der Waals surface area (Å²) in [7, 11) is 0. The van der Waals surface area contributed by atoms with Crippen LogP contribution in [0.3, 0.4) is 0 Å². The van der Waals surface area contributed by atoms with Gasteiger partial charge in [0.1, 0.15) is 5.82 Å². The smallest absolute Gasteiger partial charge is 0.308 e. The highest BCUT2D eigenvalue weighted by atomic mass is 19.1. The number of carbonyl (C=O) groups excluding carboxylic acids is 3. The normalized spacial score (nSPS) is 13.7. The van der Waals surface area contributed by atoms with Crippen molar-refractivity contribution in [2.75, 3.05) is 41.7 Å². The maximum Gasteiger partial charge on any atom is 0.323 e. The lowest BCUT2D eigenvalue weighted by Crippen LogP contribution is -2.43. The van der Waals surface area contributed by atoms with Crippen LogP contribution in [0.15, 0.2) is 103 Å². The van der Waals surface area contributed by atoms with E-state index in [-0.39, 0.29) is 29.5 Å². The summed E-state index contributed by atoms with van der Waals surface area (Å²) in [6.07, 6.45) is 4.75. The van der Waals surface area contributed by atoms with Crippen LogP contribution in [0.5, 0.6) is 0 Å². The number of benzene rings is 3. The third kappa shape index (κ3) is 7.44. The van der Waals surface area contributed by atoms with Crippen LogP contribution in [-0.4, -0.2) is 53.8 Å². The summed E-state index contributed by atoms with van der Waals surface area (Å²) in [5.41, 5.74) is 2.95. The Hall–Kier alpha value is -4.89. The van der Waals surface area contributed by atoms with E-state index >= 15 is 0 Å². The lowest BCUT2D eigenvalue weighted by molar-refractivity contribution is 0.0841. The van der Waals surface area contributed by atoms with Crippen LogP contribution in [0.25, 0.3) is 0 Å². The molecule has 0 spiro atoms. The molecule has 0 atom stereocenters. The van der Waals surface area contributed by atoms with Crippen molar-refractivity contribution in [3.05, 3.63) is 120 Å². The minimum Gasteiger partial charge on any atom is -0.308 e. The van der Waals surface area contributed by atoms with Gasteiger partial charge in [-0.05, 0) is 98.7 Å². The summed E-state index contributed by atoms with van der Waals surface area (Å²) in [6, 6.07) is 24.9. The molecule has 4 aromatic rings. The second-order valence-electron chi connectivity index (χ2n) is 10.2. The molecule has 1 aromatic heterocycles. The Morgan fingerprint density at radius 3 is 2.10 bits per heavy atom. The Labute approximate surface area is 244 Å². The number of hydrogen-bond acceptors (Lipinski definition) is 5. The highest BCUT2D eigenvalue weighted by molar-refractivity contribution is 6.06. The van der Waals surface area contributed by atoms with Crippen LogP contribution >= 0.6 is 0 Å². The first-order valence-electron chi connectivity index (χ1n) is 13.9. The van der Waals surface area contributed by atoms with Gasteiger partial charge in [-0.15, -0.1) is 0 Å². The van der Waals surface area contributed by atoms with Gasteiger partial charge in [-0.3, -0.25) is 14.6 Å². The fourth-order valence-corrected chi connectivity index (χ4v) is 5.04. The molecule has 0 bridgehead atoms. The standard InChI is InChI=1S/C33H32FN5O3/c34-27-12-8-24(9-13-27)31(40)25-16-19-38(20-17-25)21-22-39(30-7-4-18-35-23-30)32(41)26-10-14-29(15-11-26)37-33(42)36-28-5-2-1-3-6-28/h1-15,18,23,25H,16-17,19-22H2,(H2,36,37,42). The van der Waals surface area contributed by atoms with Gasteiger partial charge in [0.25, 0.3) is 5.91 Å². The highest BCUT2D eigenvalue weighted by Crippen LogP contribution is 2.23. The van der Waals surface area contributed by atoms with Gasteiger partial charge in [0.15, 0.2) is 5.78 Å². The number of carbonyl (C=O) groups is 3. The first-order valence-corrected chi connectivity index (χ1v) is 13.9. The molecule has 9 heteroatoms. The third-order valence-corrected chi connectivity index (χ3v) is 7.35. The fourth-order valence-electron chi connectivity index (χ4n) is 5.04. The van der Waals surface area contributed by atoms with Crippen molar-refractivity contribution < 1.29 is 18.8 Å². The highest BCUT2D eigenvalue weighted by Gasteiger charge is 2.27. The van der Waals surface area contributed by atoms with E-state index in [1.54, 1.807) is 71.9 Å². The zero-order chi connectivity index (χ0) is 29.3. The van der Waals surface area contributed by atoms with Gasteiger partial charge in [0, 0.05) is 47.7 Å². The number of rotatable bonds is 9. The predicted molar refractivity (Wildman–Crippen MR) is 161 cm³/mol. The molecule has 2 N–H and O–H groups in total. The summed E-state index contributed by atoms with van der Waals surface area (Å²) in [6.45, 7) is 2.55. The largest absolute Gasteiger partial charge is 0.323 e. The average Bonchev–Trinajstić information content (AvgIpc) is 3.03. The number of likely N-dealkylation sites (tertiary alicyclic amines) is 1. The molecular formula is C33H32FN5O3. The molecule has 0 radical (unpaired) electrons. The molecule has 1 fully saturated rings. The summed E-state index contributed by atoms with van der Waals surface area (Å²) < 4.78 is 13.2. The molecule has 0 aliphatic carbocycles. The molecule has 1 aliphatic heterocycles. The number of Topliss-reactive ketones (excluding diaryl/α,β-unsaturated/α-hetero) is 1. The molecule has 42 heavy (non-hydrogen) atoms. The molecule has 1 aliphatic rings. The first kappa shape index (κ1) is 28.6. The number of anilines is 3. The average molecular weight is 566 g/mol. The quantitative estimate of drug-likeness (QED) is 0.239. The van der Waals surface area contributed by atoms with Crippen molar-refractivity contribution in [3.8, 4) is 0 Å². The van der Waals surface area contributed by atoms with Crippen molar-refractivity contribution in [2.45, 2.75) is 12.8 Å². The monoisotopic (exact) mass is 565 g/mol. The lowest BCUT2D eigenvalue weighted by Gasteiger charge is -2.33. The molecule has 3 aromatic carbocycles. The van der Waals surface area contributed by atoms with Gasteiger partial charge in [-0.2, -0.15) is 0 Å². The molecule has 2 heterocycles. The van der Waals surface area contributed by atoms with Gasteiger partial charge in [-0.1, -0.05) is 18.2 Å². The number of nitrogens with one attached hydrogen (secondary N) is 2. The van der Waals surface area contributed by atoms with E-state index < -0.39 is 0 Å². The maximum absolute atomic E-state index is 13.6. The summed E-state index contributed by atoms with van der Waals surface area (Å²) in [5.74, 6) is -0.570. The second kappa shape index (κ2) is 13.6. The van der Waals surface area contributed by atoms with E-state index in [9.17, 15) is 18.8 Å². The van der Waals surface area contributed by atoms with Crippen LogP contribution in [0.4, 0.5) is 26.2 Å². The zero-order valence-electron chi connectivity index (χ0n) is 23.1. The molecule has 214 valence electrons. The number of amides is 3. The van der Waals surface area contributed by atoms with Crippen molar-refractivity contribution in [1.29, 1.82) is 0 Å². The SMILES string of the molecule is O=C(Nc1ccccc1)Nc1ccc(C(=O)N(CCN2CCC(C(=O)c3ccc(F)cc3)CC2)c2cccnc2)cc1.